The molecule has 29 heavy (non-hydrogen) atoms. The van der Waals surface area contributed by atoms with Gasteiger partial charge in [0.15, 0.2) is 6.61 Å². The zero-order chi connectivity index (χ0) is 20.6. The molecule has 0 aromatic heterocycles. The van der Waals surface area contributed by atoms with Gasteiger partial charge in [-0.2, -0.15) is 0 Å². The first-order valence-corrected chi connectivity index (χ1v) is 9.68. The molecule has 1 aliphatic carbocycles. The third-order valence-corrected chi connectivity index (χ3v) is 4.84. The van der Waals surface area contributed by atoms with Gasteiger partial charge in [-0.25, -0.2) is 4.79 Å². The molecule has 2 aromatic rings. The maximum Gasteiger partial charge on any atom is 0.341 e. The van der Waals surface area contributed by atoms with Gasteiger partial charge in [-0.3, -0.25) is 9.59 Å². The minimum Gasteiger partial charge on any atom is -0.482 e. The van der Waals surface area contributed by atoms with Crippen LogP contribution in [0, 0.1) is 5.92 Å². The van der Waals surface area contributed by atoms with Crippen molar-refractivity contribution in [3.63, 3.8) is 0 Å². The lowest BCUT2D eigenvalue weighted by molar-refractivity contribution is -0.139. The van der Waals surface area contributed by atoms with E-state index < -0.39 is 12.6 Å². The number of carbonyl (C=O) groups is 3. The van der Waals surface area contributed by atoms with Gasteiger partial charge < -0.3 is 20.5 Å². The van der Waals surface area contributed by atoms with Gasteiger partial charge >= 0.3 is 5.97 Å². The van der Waals surface area contributed by atoms with Crippen molar-refractivity contribution in [2.75, 3.05) is 17.2 Å². The van der Waals surface area contributed by atoms with Crippen LogP contribution in [0.15, 0.2) is 48.5 Å². The van der Waals surface area contributed by atoms with Crippen LogP contribution < -0.4 is 15.4 Å². The molecule has 7 heteroatoms. The fourth-order valence-electron chi connectivity index (χ4n) is 3.33. The Morgan fingerprint density at radius 1 is 0.931 bits per heavy atom. The van der Waals surface area contributed by atoms with Gasteiger partial charge in [0, 0.05) is 22.9 Å². The maximum absolute atomic E-state index is 12.5. The van der Waals surface area contributed by atoms with Gasteiger partial charge in [0.05, 0.1) is 0 Å². The van der Waals surface area contributed by atoms with E-state index in [1.165, 1.54) is 6.42 Å². The van der Waals surface area contributed by atoms with Crippen LogP contribution in [-0.2, 0) is 9.59 Å². The van der Waals surface area contributed by atoms with Crippen LogP contribution in [0.2, 0.25) is 0 Å². The summed E-state index contributed by atoms with van der Waals surface area (Å²) >= 11 is 0. The standard InChI is InChI=1S/C22H24N2O5/c25-20(26)14-29-19-11-9-17(10-12-19)23-22(28)16-7-4-8-18(13-16)24-21(27)15-5-2-1-3-6-15/h4,7-13,15H,1-3,5-6,14H2,(H,23,28)(H,24,27)(H,25,26). The number of nitrogens with one attached hydrogen (secondary N) is 2. The number of benzene rings is 2. The molecule has 1 aliphatic rings. The molecule has 0 spiro atoms. The monoisotopic (exact) mass is 396 g/mol. The fraction of sp³-hybridized carbons (Fsp3) is 0.318. The van der Waals surface area contributed by atoms with Crippen molar-refractivity contribution >= 4 is 29.2 Å². The molecule has 0 aliphatic heterocycles. The van der Waals surface area contributed by atoms with E-state index in [0.717, 1.165) is 25.7 Å². The fourth-order valence-corrected chi connectivity index (χ4v) is 3.33. The number of amides is 2. The van der Waals surface area contributed by atoms with Gasteiger partial charge in [-0.1, -0.05) is 25.3 Å². The average molecular weight is 396 g/mol. The molecule has 3 rings (SSSR count). The zero-order valence-corrected chi connectivity index (χ0v) is 16.0. The number of carbonyl (C=O) groups excluding carboxylic acids is 2. The Hall–Kier alpha value is -3.35. The Morgan fingerprint density at radius 2 is 1.66 bits per heavy atom. The molecule has 2 amide bonds. The Morgan fingerprint density at radius 3 is 2.34 bits per heavy atom. The lowest BCUT2D eigenvalue weighted by atomic mass is 9.88. The summed E-state index contributed by atoms with van der Waals surface area (Å²) in [5, 5.41) is 14.3. The number of ether oxygens (including phenoxy) is 1. The molecule has 1 saturated carbocycles. The largest absolute Gasteiger partial charge is 0.482 e. The van der Waals surface area contributed by atoms with Crippen molar-refractivity contribution < 1.29 is 24.2 Å². The highest BCUT2D eigenvalue weighted by atomic mass is 16.5. The Balaban J connectivity index is 1.58. The van der Waals surface area contributed by atoms with E-state index in [0.29, 0.717) is 22.7 Å². The summed E-state index contributed by atoms with van der Waals surface area (Å²) in [6.45, 7) is -0.426. The minimum absolute atomic E-state index is 0.0132. The summed E-state index contributed by atoms with van der Waals surface area (Å²) in [5.74, 6) is -0.907. The Labute approximate surface area is 169 Å². The predicted molar refractivity (Wildman–Crippen MR) is 109 cm³/mol. The smallest absolute Gasteiger partial charge is 0.341 e. The molecule has 1 fully saturated rings. The van der Waals surface area contributed by atoms with Crippen molar-refractivity contribution in [3.05, 3.63) is 54.1 Å². The van der Waals surface area contributed by atoms with Crippen LogP contribution >= 0.6 is 0 Å². The second kappa shape index (κ2) is 9.73. The van der Waals surface area contributed by atoms with E-state index in [9.17, 15) is 14.4 Å². The molecule has 0 unspecified atom stereocenters. The number of hydrogen-bond acceptors (Lipinski definition) is 4. The van der Waals surface area contributed by atoms with E-state index in [1.54, 1.807) is 48.5 Å². The van der Waals surface area contributed by atoms with Gasteiger partial charge in [-0.15, -0.1) is 0 Å². The first-order valence-electron chi connectivity index (χ1n) is 9.68. The summed E-state index contributed by atoms with van der Waals surface area (Å²) in [7, 11) is 0. The van der Waals surface area contributed by atoms with E-state index in [2.05, 4.69) is 10.6 Å². The van der Waals surface area contributed by atoms with Crippen molar-refractivity contribution in [2.24, 2.45) is 5.92 Å². The summed E-state index contributed by atoms with van der Waals surface area (Å²) in [6.07, 6.45) is 5.18. The van der Waals surface area contributed by atoms with Gasteiger partial charge in [-0.05, 0) is 55.3 Å². The molecule has 0 heterocycles. The maximum atomic E-state index is 12.5. The second-order valence-corrected chi connectivity index (χ2v) is 7.07. The van der Waals surface area contributed by atoms with Crippen LogP contribution in [-0.4, -0.2) is 29.5 Å². The summed E-state index contributed by atoms with van der Waals surface area (Å²) in [4.78, 5) is 35.4. The zero-order valence-electron chi connectivity index (χ0n) is 16.0. The van der Waals surface area contributed by atoms with Crippen LogP contribution in [0.4, 0.5) is 11.4 Å². The minimum atomic E-state index is -1.06. The predicted octanol–water partition coefficient (Wildman–Crippen LogP) is 3.92. The molecular formula is C22H24N2O5. The highest BCUT2D eigenvalue weighted by Crippen LogP contribution is 2.25. The molecule has 7 nitrogen and oxygen atoms in total. The van der Waals surface area contributed by atoms with E-state index >= 15 is 0 Å². The Bertz CT molecular complexity index is 873. The SMILES string of the molecule is O=C(O)COc1ccc(NC(=O)c2cccc(NC(=O)C3CCCCC3)c2)cc1. The van der Waals surface area contributed by atoms with Gasteiger partial charge in [0.1, 0.15) is 5.75 Å². The van der Waals surface area contributed by atoms with Gasteiger partial charge in [0.2, 0.25) is 5.91 Å². The van der Waals surface area contributed by atoms with Crippen molar-refractivity contribution in [2.45, 2.75) is 32.1 Å². The number of hydrogen-bond donors (Lipinski definition) is 3. The number of rotatable bonds is 7. The van der Waals surface area contributed by atoms with E-state index in [1.807, 2.05) is 0 Å². The molecular weight excluding hydrogens is 372 g/mol. The number of anilines is 2. The van der Waals surface area contributed by atoms with E-state index in [4.69, 9.17) is 9.84 Å². The normalized spacial score (nSPS) is 14.1. The van der Waals surface area contributed by atoms with Crippen molar-refractivity contribution in [1.29, 1.82) is 0 Å². The average Bonchev–Trinajstić information content (AvgIpc) is 2.74. The Kier molecular flexibility index (Phi) is 6.84. The first kappa shape index (κ1) is 20.4. The lowest BCUT2D eigenvalue weighted by Crippen LogP contribution is -2.24. The molecule has 2 aromatic carbocycles. The number of carboxylic acids is 1. The number of carboxylic acid groups (broad SMARTS) is 1. The molecule has 152 valence electrons. The van der Waals surface area contributed by atoms with E-state index in [-0.39, 0.29) is 17.7 Å². The van der Waals surface area contributed by atoms with Gasteiger partial charge in [0.25, 0.3) is 5.91 Å². The molecule has 0 radical (unpaired) electrons. The second-order valence-electron chi connectivity index (χ2n) is 7.07. The highest BCUT2D eigenvalue weighted by molar-refractivity contribution is 6.05. The molecule has 0 atom stereocenters. The number of aliphatic carboxylic acids is 1. The summed E-state index contributed by atoms with van der Waals surface area (Å²) in [6, 6.07) is 13.3. The van der Waals surface area contributed by atoms with Crippen molar-refractivity contribution in [3.8, 4) is 5.75 Å². The summed E-state index contributed by atoms with van der Waals surface area (Å²) < 4.78 is 5.06. The van der Waals surface area contributed by atoms with Crippen LogP contribution in [0.5, 0.6) is 5.75 Å². The van der Waals surface area contributed by atoms with Crippen LogP contribution in [0.1, 0.15) is 42.5 Å². The lowest BCUT2D eigenvalue weighted by Gasteiger charge is -2.20. The van der Waals surface area contributed by atoms with Crippen LogP contribution in [0.3, 0.4) is 0 Å². The highest BCUT2D eigenvalue weighted by Gasteiger charge is 2.21. The summed E-state index contributed by atoms with van der Waals surface area (Å²) in [5.41, 5.74) is 1.58. The third-order valence-electron chi connectivity index (χ3n) is 4.84. The quantitative estimate of drug-likeness (QED) is 0.658. The molecule has 0 bridgehead atoms. The van der Waals surface area contributed by atoms with Crippen molar-refractivity contribution in [1.82, 2.24) is 0 Å². The molecule has 0 saturated heterocycles. The molecule has 3 N–H and O–H groups in total. The third kappa shape index (κ3) is 6.07. The first-order chi connectivity index (χ1) is 14.0. The van der Waals surface area contributed by atoms with Crippen LogP contribution in [0.25, 0.3) is 0 Å². The topological polar surface area (TPSA) is 105 Å².